The van der Waals surface area contributed by atoms with Crippen molar-refractivity contribution in [3.05, 3.63) is 10.4 Å². The van der Waals surface area contributed by atoms with Crippen molar-refractivity contribution in [3.8, 4) is 0 Å². The molecule has 3 saturated carbocycles. The predicted molar refractivity (Wildman–Crippen MR) is 93.8 cm³/mol. The summed E-state index contributed by atoms with van der Waals surface area (Å²) in [6, 6.07) is 0. The fourth-order valence-corrected chi connectivity index (χ4v) is 5.07. The maximum atomic E-state index is 8.46. The number of hydrogen-bond donors (Lipinski definition) is 0. The van der Waals surface area contributed by atoms with Crippen molar-refractivity contribution in [2.75, 3.05) is 0 Å². The lowest BCUT2D eigenvalue weighted by atomic mass is 9.74. The highest BCUT2D eigenvalue weighted by Gasteiger charge is 2.40. The summed E-state index contributed by atoms with van der Waals surface area (Å²) >= 11 is 0. The van der Waals surface area contributed by atoms with Crippen molar-refractivity contribution in [2.24, 2.45) is 16.4 Å². The molecular weight excluding hydrogens is 270 g/mol. The Balaban J connectivity index is 0.000000162. The van der Waals surface area contributed by atoms with Crippen LogP contribution in [0, 0.1) is 11.3 Å². The monoisotopic (exact) mass is 305 g/mol. The molecule has 2 bridgehead atoms. The largest absolute Gasteiger partial charge is 0.0873 e. The maximum absolute atomic E-state index is 8.46. The van der Waals surface area contributed by atoms with E-state index in [2.05, 4.69) is 23.9 Å². The molecule has 3 aliphatic rings. The molecule has 0 aromatic rings. The van der Waals surface area contributed by atoms with Gasteiger partial charge in [-0.2, -0.15) is 0 Å². The molecule has 3 heteroatoms. The van der Waals surface area contributed by atoms with Crippen LogP contribution in [-0.2, 0) is 0 Å². The molecule has 0 aliphatic heterocycles. The van der Waals surface area contributed by atoms with E-state index >= 15 is 0 Å². The average molecular weight is 306 g/mol. The maximum Gasteiger partial charge on any atom is 0.0485 e. The zero-order chi connectivity index (χ0) is 15.9. The molecule has 3 aliphatic carbocycles. The van der Waals surface area contributed by atoms with Crippen molar-refractivity contribution in [2.45, 2.75) is 109 Å². The fraction of sp³-hybridized carbons (Fsp3) is 1.00. The SMILES string of the molecule is CCC1(N=[N+]=[N-])CCCCCC1.CCC12CCCC(CC1)C2. The van der Waals surface area contributed by atoms with E-state index in [-0.39, 0.29) is 5.54 Å². The summed E-state index contributed by atoms with van der Waals surface area (Å²) in [5.74, 6) is 1.13. The first-order valence-electron chi connectivity index (χ1n) is 9.74. The number of rotatable bonds is 3. The molecule has 3 rings (SSSR count). The molecule has 3 fully saturated rings. The van der Waals surface area contributed by atoms with Gasteiger partial charge in [0.25, 0.3) is 0 Å². The van der Waals surface area contributed by atoms with Gasteiger partial charge in [-0.15, -0.1) is 0 Å². The molecular formula is C19H35N3. The van der Waals surface area contributed by atoms with Gasteiger partial charge in [-0.3, -0.25) is 0 Å². The lowest BCUT2D eigenvalue weighted by molar-refractivity contribution is 0.203. The van der Waals surface area contributed by atoms with Crippen molar-refractivity contribution in [3.63, 3.8) is 0 Å². The fourth-order valence-electron chi connectivity index (χ4n) is 5.07. The molecule has 0 heterocycles. The number of azide groups is 1. The Kier molecular flexibility index (Phi) is 6.62. The van der Waals surface area contributed by atoms with E-state index in [0.29, 0.717) is 0 Å². The highest BCUT2D eigenvalue weighted by atomic mass is 15.2. The summed E-state index contributed by atoms with van der Waals surface area (Å²) in [5.41, 5.74) is 9.26. The lowest BCUT2D eigenvalue weighted by Crippen LogP contribution is -2.23. The summed E-state index contributed by atoms with van der Waals surface area (Å²) in [6.07, 6.45) is 19.0. The van der Waals surface area contributed by atoms with Crippen LogP contribution in [-0.4, -0.2) is 5.54 Å². The van der Waals surface area contributed by atoms with E-state index in [1.807, 2.05) is 0 Å². The zero-order valence-electron chi connectivity index (χ0n) is 14.8. The summed E-state index contributed by atoms with van der Waals surface area (Å²) in [7, 11) is 0. The third kappa shape index (κ3) is 4.41. The van der Waals surface area contributed by atoms with Gasteiger partial charge in [0.05, 0.1) is 0 Å². The summed E-state index contributed by atoms with van der Waals surface area (Å²) in [5, 5.41) is 3.97. The standard InChI is InChI=1S/C10H18.C9H17N3/c1-2-10-6-3-4-9(8-10)5-7-10;1-2-9(11-12-10)7-5-3-4-6-8-9/h9H,2-8H2,1H3;2-8H2,1H3. The van der Waals surface area contributed by atoms with Crippen LogP contribution in [0.4, 0.5) is 0 Å². The lowest BCUT2D eigenvalue weighted by Gasteiger charge is -2.31. The third-order valence-electron chi connectivity index (χ3n) is 6.82. The Morgan fingerprint density at radius 1 is 0.909 bits per heavy atom. The van der Waals surface area contributed by atoms with Crippen LogP contribution >= 0.6 is 0 Å². The Labute approximate surface area is 136 Å². The first kappa shape index (κ1) is 17.7. The van der Waals surface area contributed by atoms with Gasteiger partial charge in [0.1, 0.15) is 0 Å². The van der Waals surface area contributed by atoms with Gasteiger partial charge in [-0.1, -0.05) is 63.9 Å². The van der Waals surface area contributed by atoms with Gasteiger partial charge in [0, 0.05) is 10.5 Å². The Morgan fingerprint density at radius 2 is 1.64 bits per heavy atom. The van der Waals surface area contributed by atoms with E-state index in [4.69, 9.17) is 5.53 Å². The second-order valence-corrected chi connectivity index (χ2v) is 8.04. The Bertz CT molecular complexity index is 374. The van der Waals surface area contributed by atoms with E-state index in [9.17, 15) is 0 Å². The van der Waals surface area contributed by atoms with Crippen LogP contribution in [0.15, 0.2) is 5.11 Å². The van der Waals surface area contributed by atoms with Crippen molar-refractivity contribution >= 4 is 0 Å². The van der Waals surface area contributed by atoms with Crippen LogP contribution < -0.4 is 0 Å². The average Bonchev–Trinajstić information content (AvgIpc) is 2.72. The van der Waals surface area contributed by atoms with Crippen molar-refractivity contribution in [1.29, 1.82) is 0 Å². The third-order valence-corrected chi connectivity index (χ3v) is 6.82. The van der Waals surface area contributed by atoms with Crippen LogP contribution in [0.2, 0.25) is 0 Å². The minimum absolute atomic E-state index is 0.0365. The van der Waals surface area contributed by atoms with Gasteiger partial charge in [0.15, 0.2) is 0 Å². The van der Waals surface area contributed by atoms with Crippen LogP contribution in [0.1, 0.15) is 104 Å². The Morgan fingerprint density at radius 3 is 2.18 bits per heavy atom. The highest BCUT2D eigenvalue weighted by molar-refractivity contribution is 4.91. The summed E-state index contributed by atoms with van der Waals surface area (Å²) < 4.78 is 0. The first-order valence-corrected chi connectivity index (χ1v) is 9.74. The normalized spacial score (nSPS) is 33.1. The van der Waals surface area contributed by atoms with Gasteiger partial charge < -0.3 is 0 Å². The predicted octanol–water partition coefficient (Wildman–Crippen LogP) is 7.17. The molecule has 0 aromatic heterocycles. The zero-order valence-corrected chi connectivity index (χ0v) is 14.8. The molecule has 2 atom stereocenters. The summed E-state index contributed by atoms with van der Waals surface area (Å²) in [6.45, 7) is 4.51. The molecule has 126 valence electrons. The van der Waals surface area contributed by atoms with Crippen molar-refractivity contribution < 1.29 is 0 Å². The van der Waals surface area contributed by atoms with Crippen molar-refractivity contribution in [1.82, 2.24) is 0 Å². The van der Waals surface area contributed by atoms with E-state index < -0.39 is 0 Å². The molecule has 0 saturated heterocycles. The van der Waals surface area contributed by atoms with E-state index in [1.165, 1.54) is 38.5 Å². The number of nitrogens with zero attached hydrogens (tertiary/aromatic N) is 3. The molecule has 22 heavy (non-hydrogen) atoms. The molecule has 0 aromatic carbocycles. The minimum atomic E-state index is -0.0365. The molecule has 0 N–H and O–H groups in total. The van der Waals surface area contributed by atoms with Crippen LogP contribution in [0.3, 0.4) is 0 Å². The van der Waals surface area contributed by atoms with Crippen LogP contribution in [0.25, 0.3) is 10.4 Å². The highest BCUT2D eigenvalue weighted by Crippen LogP contribution is 2.53. The molecule has 3 nitrogen and oxygen atoms in total. The first-order chi connectivity index (χ1) is 10.7. The quantitative estimate of drug-likeness (QED) is 0.230. The van der Waals surface area contributed by atoms with E-state index in [0.717, 1.165) is 30.6 Å². The molecule has 2 unspecified atom stereocenters. The molecule has 0 amide bonds. The van der Waals surface area contributed by atoms with Gasteiger partial charge >= 0.3 is 0 Å². The number of hydrogen-bond acceptors (Lipinski definition) is 1. The van der Waals surface area contributed by atoms with Gasteiger partial charge in [-0.05, 0) is 61.8 Å². The van der Waals surface area contributed by atoms with Gasteiger partial charge in [-0.25, -0.2) is 0 Å². The second kappa shape index (κ2) is 8.24. The van der Waals surface area contributed by atoms with Crippen LogP contribution in [0.5, 0.6) is 0 Å². The van der Waals surface area contributed by atoms with E-state index in [1.54, 1.807) is 32.1 Å². The number of fused-ring (bicyclic) bond motifs is 2. The van der Waals surface area contributed by atoms with Gasteiger partial charge in [0.2, 0.25) is 0 Å². The Hall–Kier alpha value is -0.690. The minimum Gasteiger partial charge on any atom is -0.0873 e. The topological polar surface area (TPSA) is 48.8 Å². The second-order valence-electron chi connectivity index (χ2n) is 8.04. The molecule has 0 radical (unpaired) electrons. The summed E-state index contributed by atoms with van der Waals surface area (Å²) in [4.78, 5) is 2.97. The molecule has 0 spiro atoms. The smallest absolute Gasteiger partial charge is 0.0485 e.